The first-order chi connectivity index (χ1) is 23.6. The Morgan fingerprint density at radius 3 is 2.33 bits per heavy atom. The minimum Gasteiger partial charge on any atom is -0.381 e. The first-order valence-corrected chi connectivity index (χ1v) is 18.4. The van der Waals surface area contributed by atoms with Gasteiger partial charge in [0.15, 0.2) is 0 Å². The maximum atomic E-state index is 13.9. The van der Waals surface area contributed by atoms with Crippen molar-refractivity contribution >= 4 is 17.7 Å². The molecule has 3 amide bonds. The molecule has 0 spiro atoms. The average molecular weight is 678 g/mol. The van der Waals surface area contributed by atoms with Gasteiger partial charge in [-0.15, -0.1) is 0 Å². The van der Waals surface area contributed by atoms with Crippen molar-refractivity contribution in [3.63, 3.8) is 0 Å². The third kappa shape index (κ3) is 11.4. The van der Waals surface area contributed by atoms with Crippen LogP contribution in [0.1, 0.15) is 102 Å². The number of nitrogens with one attached hydrogen (secondary N) is 2. The largest absolute Gasteiger partial charge is 0.381 e. The van der Waals surface area contributed by atoms with Crippen LogP contribution in [0.4, 0.5) is 0 Å². The number of hydrogen-bond acceptors (Lipinski definition) is 6. The van der Waals surface area contributed by atoms with Crippen LogP contribution in [0.2, 0.25) is 0 Å². The van der Waals surface area contributed by atoms with E-state index in [1.807, 2.05) is 65.0 Å². The van der Waals surface area contributed by atoms with Crippen molar-refractivity contribution < 1.29 is 28.6 Å². The molecule has 1 aliphatic heterocycles. The molecule has 0 unspecified atom stereocenters. The molecule has 0 bridgehead atoms. The van der Waals surface area contributed by atoms with Crippen molar-refractivity contribution in [3.8, 4) is 0 Å². The number of rotatable bonds is 19. The van der Waals surface area contributed by atoms with Crippen LogP contribution in [-0.2, 0) is 41.6 Å². The third-order valence-electron chi connectivity index (χ3n) is 9.73. The average Bonchev–Trinajstić information content (AvgIpc) is 3.72. The number of hydrogen-bond donors (Lipinski definition) is 2. The highest BCUT2D eigenvalue weighted by atomic mass is 16.5. The van der Waals surface area contributed by atoms with Crippen molar-refractivity contribution in [2.24, 2.45) is 11.3 Å². The second-order valence-corrected chi connectivity index (χ2v) is 14.7. The molecule has 1 fully saturated rings. The summed E-state index contributed by atoms with van der Waals surface area (Å²) in [5, 5.41) is 6.27. The van der Waals surface area contributed by atoms with Gasteiger partial charge in [-0.1, -0.05) is 89.2 Å². The molecule has 0 saturated carbocycles. The van der Waals surface area contributed by atoms with E-state index in [0.717, 1.165) is 57.3 Å². The van der Waals surface area contributed by atoms with Crippen LogP contribution in [0, 0.1) is 11.3 Å². The smallest absolute Gasteiger partial charge is 0.246 e. The molecule has 2 aliphatic rings. The van der Waals surface area contributed by atoms with Gasteiger partial charge in [-0.3, -0.25) is 14.4 Å². The SMILES string of the molecule is CC[C@@H](C)C(=O)N[C@H](C(=O)N1CCC[C@H]1C(=O)N[C@H]1c2ccccc2C[C@H]1OCCCOCCCCCOCc1ccccc1)C(C)(C)C. The van der Waals surface area contributed by atoms with Crippen molar-refractivity contribution in [2.75, 3.05) is 33.0 Å². The molecular weight excluding hydrogens is 618 g/mol. The van der Waals surface area contributed by atoms with Gasteiger partial charge in [-0.25, -0.2) is 0 Å². The van der Waals surface area contributed by atoms with E-state index in [1.165, 1.54) is 11.1 Å². The zero-order valence-corrected chi connectivity index (χ0v) is 30.4. The van der Waals surface area contributed by atoms with Gasteiger partial charge in [0.05, 0.1) is 18.8 Å². The fourth-order valence-corrected chi connectivity index (χ4v) is 6.57. The lowest BCUT2D eigenvalue weighted by atomic mass is 9.85. The predicted molar refractivity (Wildman–Crippen MR) is 192 cm³/mol. The van der Waals surface area contributed by atoms with Gasteiger partial charge in [-0.2, -0.15) is 0 Å². The molecule has 2 N–H and O–H groups in total. The molecule has 1 aliphatic carbocycles. The van der Waals surface area contributed by atoms with Gasteiger partial charge in [0.2, 0.25) is 17.7 Å². The van der Waals surface area contributed by atoms with Gasteiger partial charge in [0.25, 0.3) is 0 Å². The van der Waals surface area contributed by atoms with E-state index >= 15 is 0 Å². The van der Waals surface area contributed by atoms with E-state index in [2.05, 4.69) is 34.9 Å². The summed E-state index contributed by atoms with van der Waals surface area (Å²) >= 11 is 0. The Labute approximate surface area is 293 Å². The first kappa shape index (κ1) is 38.5. The van der Waals surface area contributed by atoms with Gasteiger partial charge in [0, 0.05) is 45.3 Å². The summed E-state index contributed by atoms with van der Waals surface area (Å²) in [5.74, 6) is -0.694. The number of benzene rings is 2. The lowest BCUT2D eigenvalue weighted by Gasteiger charge is -2.36. The summed E-state index contributed by atoms with van der Waals surface area (Å²) in [6, 6.07) is 16.8. The summed E-state index contributed by atoms with van der Waals surface area (Å²) in [6.45, 7) is 13.5. The van der Waals surface area contributed by atoms with E-state index in [0.29, 0.717) is 39.2 Å². The Kier molecular flexibility index (Phi) is 15.1. The van der Waals surface area contributed by atoms with Crippen LogP contribution in [0.3, 0.4) is 0 Å². The van der Waals surface area contributed by atoms with Crippen molar-refractivity contribution in [1.82, 2.24) is 15.5 Å². The van der Waals surface area contributed by atoms with Crippen LogP contribution in [-0.4, -0.2) is 73.8 Å². The quantitative estimate of drug-likeness (QED) is 0.173. The van der Waals surface area contributed by atoms with E-state index in [-0.39, 0.29) is 35.8 Å². The van der Waals surface area contributed by atoms with Crippen LogP contribution in [0.5, 0.6) is 0 Å². The third-order valence-corrected chi connectivity index (χ3v) is 9.73. The number of likely N-dealkylation sites (tertiary alicyclic amines) is 1. The van der Waals surface area contributed by atoms with E-state index in [9.17, 15) is 14.4 Å². The van der Waals surface area contributed by atoms with Gasteiger partial charge >= 0.3 is 0 Å². The van der Waals surface area contributed by atoms with Crippen LogP contribution in [0.15, 0.2) is 54.6 Å². The highest BCUT2D eigenvalue weighted by Gasteiger charge is 2.43. The molecule has 2 aromatic rings. The number of amides is 3. The molecule has 270 valence electrons. The number of nitrogens with zero attached hydrogens (tertiary/aromatic N) is 1. The number of ether oxygens (including phenoxy) is 3. The van der Waals surface area contributed by atoms with E-state index < -0.39 is 17.5 Å². The monoisotopic (exact) mass is 677 g/mol. The molecule has 49 heavy (non-hydrogen) atoms. The Balaban J connectivity index is 1.22. The second-order valence-electron chi connectivity index (χ2n) is 14.7. The Bertz CT molecular complexity index is 1330. The van der Waals surface area contributed by atoms with E-state index in [1.54, 1.807) is 4.90 Å². The van der Waals surface area contributed by atoms with Gasteiger partial charge < -0.3 is 29.7 Å². The number of fused-ring (bicyclic) bond motifs is 1. The van der Waals surface area contributed by atoms with E-state index in [4.69, 9.17) is 14.2 Å². The maximum Gasteiger partial charge on any atom is 0.246 e. The number of carbonyl (C=O) groups is 3. The molecule has 0 radical (unpaired) electrons. The Morgan fingerprint density at radius 2 is 1.59 bits per heavy atom. The minimum atomic E-state index is -0.716. The van der Waals surface area contributed by atoms with Crippen LogP contribution < -0.4 is 10.6 Å². The molecule has 5 atom stereocenters. The predicted octanol–water partition coefficient (Wildman–Crippen LogP) is 6.15. The molecule has 4 rings (SSSR count). The zero-order chi connectivity index (χ0) is 35.2. The molecule has 0 aromatic heterocycles. The molecule has 1 heterocycles. The van der Waals surface area contributed by atoms with Gasteiger partial charge in [0.1, 0.15) is 12.1 Å². The normalized spacial score (nSPS) is 20.1. The summed E-state index contributed by atoms with van der Waals surface area (Å²) in [5.41, 5.74) is 2.93. The zero-order valence-electron chi connectivity index (χ0n) is 30.4. The maximum absolute atomic E-state index is 13.9. The van der Waals surface area contributed by atoms with Crippen LogP contribution in [0.25, 0.3) is 0 Å². The topological polar surface area (TPSA) is 106 Å². The van der Waals surface area contributed by atoms with Gasteiger partial charge in [-0.05, 0) is 67.1 Å². The molecule has 1 saturated heterocycles. The standard InChI is InChI=1S/C40H59N3O6/c1-6-29(2)37(44)42-36(40(3,4)5)39(46)43-22-15-21-33(43)38(45)41-35-32-20-12-11-19-31(32)27-34(35)49-26-16-25-47-23-13-8-14-24-48-28-30-17-9-7-10-18-30/h7,9-12,17-20,29,33-36H,6,8,13-16,21-28H2,1-5H3,(H,41,45)(H,42,44)/t29-,33+,34-,35+,36-/m1/s1. The fraction of sp³-hybridized carbons (Fsp3) is 0.625. The Morgan fingerprint density at radius 1 is 0.898 bits per heavy atom. The summed E-state index contributed by atoms with van der Waals surface area (Å²) in [4.78, 5) is 42.3. The van der Waals surface area contributed by atoms with Crippen molar-refractivity contribution in [3.05, 3.63) is 71.3 Å². The molecular formula is C40H59N3O6. The lowest BCUT2D eigenvalue weighted by Crippen LogP contribution is -2.58. The highest BCUT2D eigenvalue weighted by Crippen LogP contribution is 2.34. The summed E-state index contributed by atoms with van der Waals surface area (Å²) in [6.07, 6.45) is 6.41. The summed E-state index contributed by atoms with van der Waals surface area (Å²) < 4.78 is 18.0. The molecule has 9 nitrogen and oxygen atoms in total. The number of carbonyl (C=O) groups excluding carboxylic acids is 3. The summed E-state index contributed by atoms with van der Waals surface area (Å²) in [7, 11) is 0. The highest BCUT2D eigenvalue weighted by molar-refractivity contribution is 5.93. The van der Waals surface area contributed by atoms with Crippen molar-refractivity contribution in [2.45, 2.75) is 117 Å². The Hall–Kier alpha value is -3.27. The molecule has 9 heteroatoms. The first-order valence-electron chi connectivity index (χ1n) is 18.4. The fourth-order valence-electron chi connectivity index (χ4n) is 6.57. The second kappa shape index (κ2) is 19.2. The van der Waals surface area contributed by atoms with Crippen LogP contribution >= 0.6 is 0 Å². The minimum absolute atomic E-state index is 0.135. The lowest BCUT2D eigenvalue weighted by molar-refractivity contribution is -0.144. The number of unbranched alkanes of at least 4 members (excludes halogenated alkanes) is 2. The van der Waals surface area contributed by atoms with Crippen molar-refractivity contribution in [1.29, 1.82) is 0 Å². The molecule has 2 aromatic carbocycles.